The molecule has 34 heavy (non-hydrogen) atoms. The Hall–Kier alpha value is -4.34. The van der Waals surface area contributed by atoms with Gasteiger partial charge >= 0.3 is 5.97 Å². The molecule has 1 aliphatic rings. The normalized spacial score (nSPS) is 13.4. The number of esters is 1. The molecule has 0 aliphatic carbocycles. The predicted molar refractivity (Wildman–Crippen MR) is 122 cm³/mol. The number of nitrogens with zero attached hydrogens (tertiary/aromatic N) is 5. The number of carbonyl (C=O) groups is 2. The third kappa shape index (κ3) is 5.01. The van der Waals surface area contributed by atoms with Crippen LogP contribution >= 0.6 is 0 Å². The van der Waals surface area contributed by atoms with Gasteiger partial charge in [-0.25, -0.2) is 9.18 Å². The molecule has 1 amide bonds. The first-order valence-electron chi connectivity index (χ1n) is 10.6. The first kappa shape index (κ1) is 22.8. The quantitative estimate of drug-likeness (QED) is 0.439. The van der Waals surface area contributed by atoms with Crippen molar-refractivity contribution in [3.05, 3.63) is 78.5 Å². The van der Waals surface area contributed by atoms with E-state index in [0.29, 0.717) is 37.6 Å². The second-order valence-electron chi connectivity index (χ2n) is 7.57. The van der Waals surface area contributed by atoms with E-state index in [9.17, 15) is 19.1 Å². The molecular weight excluding hydrogens is 441 g/mol. The summed E-state index contributed by atoms with van der Waals surface area (Å²) in [5, 5.41) is 17.6. The molecule has 174 valence electrons. The van der Waals surface area contributed by atoms with Gasteiger partial charge < -0.3 is 19.6 Å². The van der Waals surface area contributed by atoms with Crippen molar-refractivity contribution in [1.82, 2.24) is 20.1 Å². The minimum atomic E-state index is -0.576. The third-order valence-corrected chi connectivity index (χ3v) is 5.33. The molecule has 0 spiro atoms. The smallest absolute Gasteiger partial charge is 0.359 e. The van der Waals surface area contributed by atoms with Crippen molar-refractivity contribution < 1.29 is 23.8 Å². The van der Waals surface area contributed by atoms with Gasteiger partial charge in [0.05, 0.1) is 6.20 Å². The number of hydrogen-bond acceptors (Lipinski definition) is 8. The van der Waals surface area contributed by atoms with Gasteiger partial charge in [-0.15, -0.1) is 10.2 Å². The summed E-state index contributed by atoms with van der Waals surface area (Å²) in [5.41, 5.74) is 1.02. The summed E-state index contributed by atoms with van der Waals surface area (Å²) >= 11 is 0. The summed E-state index contributed by atoms with van der Waals surface area (Å²) in [6.45, 7) is 5.44. The Morgan fingerprint density at radius 3 is 2.53 bits per heavy atom. The summed E-state index contributed by atoms with van der Waals surface area (Å²) in [7, 11) is 0. The topological polar surface area (TPSA) is 109 Å². The van der Waals surface area contributed by atoms with Gasteiger partial charge in [-0.05, 0) is 30.3 Å². The SMILES string of the molecule is C=CCOC(=O)c1ccc(N2CCN(C(=O)c3ccc(-c4cncc(O)c4)c(F)c3)CC2)nn1. The molecule has 10 heteroatoms. The van der Waals surface area contributed by atoms with Crippen molar-refractivity contribution in [2.75, 3.05) is 37.7 Å². The first-order chi connectivity index (χ1) is 16.5. The Morgan fingerprint density at radius 1 is 1.09 bits per heavy atom. The van der Waals surface area contributed by atoms with Crippen molar-refractivity contribution in [3.8, 4) is 16.9 Å². The molecule has 9 nitrogen and oxygen atoms in total. The van der Waals surface area contributed by atoms with Crippen molar-refractivity contribution >= 4 is 17.7 Å². The number of aromatic hydroxyl groups is 1. The molecule has 3 aromatic rings. The van der Waals surface area contributed by atoms with E-state index in [2.05, 4.69) is 21.8 Å². The highest BCUT2D eigenvalue weighted by Gasteiger charge is 2.24. The van der Waals surface area contributed by atoms with Gasteiger partial charge in [0.25, 0.3) is 5.91 Å². The zero-order chi connectivity index (χ0) is 24.1. The number of carbonyl (C=O) groups excluding carboxylic acids is 2. The zero-order valence-corrected chi connectivity index (χ0v) is 18.2. The van der Waals surface area contributed by atoms with Crippen LogP contribution in [0.25, 0.3) is 11.1 Å². The average Bonchev–Trinajstić information content (AvgIpc) is 2.87. The summed E-state index contributed by atoms with van der Waals surface area (Å²) in [6, 6.07) is 8.89. The highest BCUT2D eigenvalue weighted by atomic mass is 19.1. The number of amides is 1. The van der Waals surface area contributed by atoms with Crippen LogP contribution in [0.5, 0.6) is 5.75 Å². The number of anilines is 1. The zero-order valence-electron chi connectivity index (χ0n) is 18.2. The van der Waals surface area contributed by atoms with Crippen molar-refractivity contribution in [3.63, 3.8) is 0 Å². The standard InChI is InChI=1S/C24H22FN5O4/c1-2-11-34-24(33)21-5-6-22(28-27-21)29-7-9-30(10-8-29)23(32)16-3-4-19(20(25)13-16)17-12-18(31)15-26-14-17/h2-6,12-15,31H,1,7-11H2. The molecule has 1 saturated heterocycles. The Labute approximate surface area is 195 Å². The molecule has 1 aromatic carbocycles. The lowest BCUT2D eigenvalue weighted by Gasteiger charge is -2.35. The number of piperazine rings is 1. The van der Waals surface area contributed by atoms with Crippen LogP contribution in [-0.2, 0) is 4.74 Å². The molecule has 0 saturated carbocycles. The predicted octanol–water partition coefficient (Wildman–Crippen LogP) is 2.69. The number of rotatable bonds is 6. The largest absolute Gasteiger partial charge is 0.506 e. The monoisotopic (exact) mass is 463 g/mol. The molecular formula is C24H22FN5O4. The number of hydrogen-bond donors (Lipinski definition) is 1. The van der Waals surface area contributed by atoms with Crippen LogP contribution in [0.2, 0.25) is 0 Å². The van der Waals surface area contributed by atoms with Gasteiger partial charge in [0.1, 0.15) is 18.2 Å². The van der Waals surface area contributed by atoms with E-state index in [-0.39, 0.29) is 35.1 Å². The van der Waals surface area contributed by atoms with E-state index in [4.69, 9.17) is 4.74 Å². The number of aromatic nitrogens is 3. The Morgan fingerprint density at radius 2 is 1.88 bits per heavy atom. The minimum Gasteiger partial charge on any atom is -0.506 e. The summed E-state index contributed by atoms with van der Waals surface area (Å²) in [5.74, 6) is -0.901. The van der Waals surface area contributed by atoms with Crippen LogP contribution in [0.3, 0.4) is 0 Å². The lowest BCUT2D eigenvalue weighted by atomic mass is 10.0. The number of ether oxygens (including phenoxy) is 1. The van der Waals surface area contributed by atoms with Crippen LogP contribution in [0.1, 0.15) is 20.8 Å². The molecule has 2 aromatic heterocycles. The molecule has 1 aliphatic heterocycles. The Bertz CT molecular complexity index is 1210. The third-order valence-electron chi connectivity index (χ3n) is 5.33. The maximum Gasteiger partial charge on any atom is 0.359 e. The number of benzene rings is 1. The van der Waals surface area contributed by atoms with Gasteiger partial charge in [0, 0.05) is 49.1 Å². The van der Waals surface area contributed by atoms with E-state index >= 15 is 0 Å². The van der Waals surface area contributed by atoms with E-state index in [1.165, 1.54) is 42.7 Å². The lowest BCUT2D eigenvalue weighted by Crippen LogP contribution is -2.49. The van der Waals surface area contributed by atoms with E-state index in [1.807, 2.05) is 4.90 Å². The second-order valence-corrected chi connectivity index (χ2v) is 7.57. The second kappa shape index (κ2) is 10.1. The van der Waals surface area contributed by atoms with Crippen molar-refractivity contribution in [1.29, 1.82) is 0 Å². The molecule has 0 unspecified atom stereocenters. The molecule has 0 atom stereocenters. The van der Waals surface area contributed by atoms with E-state index in [0.717, 1.165) is 0 Å². The fraction of sp³-hybridized carbons (Fsp3) is 0.208. The minimum absolute atomic E-state index is 0.0677. The van der Waals surface area contributed by atoms with Gasteiger partial charge in [-0.2, -0.15) is 0 Å². The van der Waals surface area contributed by atoms with Crippen LogP contribution in [0.15, 0.2) is 61.4 Å². The van der Waals surface area contributed by atoms with E-state index < -0.39 is 11.8 Å². The van der Waals surface area contributed by atoms with Gasteiger partial charge in [0.15, 0.2) is 11.5 Å². The van der Waals surface area contributed by atoms with Crippen LogP contribution in [-0.4, -0.2) is 69.9 Å². The highest BCUT2D eigenvalue weighted by molar-refractivity contribution is 5.95. The van der Waals surface area contributed by atoms with Crippen LogP contribution < -0.4 is 4.90 Å². The summed E-state index contributed by atoms with van der Waals surface area (Å²) < 4.78 is 19.6. The number of pyridine rings is 1. The highest BCUT2D eigenvalue weighted by Crippen LogP contribution is 2.26. The Kier molecular flexibility index (Phi) is 6.77. The summed E-state index contributed by atoms with van der Waals surface area (Å²) in [4.78, 5) is 32.2. The van der Waals surface area contributed by atoms with E-state index in [1.54, 1.807) is 17.0 Å². The molecule has 4 rings (SSSR count). The summed E-state index contributed by atoms with van der Waals surface area (Å²) in [6.07, 6.45) is 4.17. The van der Waals surface area contributed by atoms with Crippen molar-refractivity contribution in [2.45, 2.75) is 0 Å². The van der Waals surface area contributed by atoms with Gasteiger partial charge in [-0.1, -0.05) is 18.7 Å². The maximum absolute atomic E-state index is 14.7. The average molecular weight is 463 g/mol. The van der Waals surface area contributed by atoms with Gasteiger partial charge in [-0.3, -0.25) is 9.78 Å². The number of halogens is 1. The molecule has 0 bridgehead atoms. The fourth-order valence-electron chi connectivity index (χ4n) is 3.59. The van der Waals surface area contributed by atoms with Crippen LogP contribution in [0.4, 0.5) is 10.2 Å². The Balaban J connectivity index is 1.37. The first-order valence-corrected chi connectivity index (χ1v) is 10.6. The van der Waals surface area contributed by atoms with Crippen LogP contribution in [0, 0.1) is 5.82 Å². The van der Waals surface area contributed by atoms with Crippen molar-refractivity contribution in [2.24, 2.45) is 0 Å². The molecule has 1 fully saturated rings. The lowest BCUT2D eigenvalue weighted by molar-refractivity contribution is 0.0541. The molecule has 3 heterocycles. The molecule has 0 radical (unpaired) electrons. The molecule has 1 N–H and O–H groups in total. The van der Waals surface area contributed by atoms with Gasteiger partial charge in [0.2, 0.25) is 0 Å². The fourth-order valence-corrected chi connectivity index (χ4v) is 3.59. The maximum atomic E-state index is 14.7.